The standard InChI is InChI=1S/C31H32N8O4/c1-2-43-26-12-13-28-23(20-26)21-27(31(40)32-28)29(30-33-34-35-38(30)15-14-22-6-4-3-5-7-22)37-18-16-36(17-19-37)24-8-10-25(11-9-24)39(41)42/h3-13,20-21,29H,2,14-19H2,1H3,(H,32,40)/t29-/m1/s1. The quantitative estimate of drug-likeness (QED) is 0.192. The Kier molecular flexibility index (Phi) is 8.09. The summed E-state index contributed by atoms with van der Waals surface area (Å²) < 4.78 is 7.51. The first-order chi connectivity index (χ1) is 21.0. The molecule has 1 aliphatic rings. The number of H-pyrrole nitrogens is 1. The van der Waals surface area contributed by atoms with E-state index < -0.39 is 11.0 Å². The third kappa shape index (κ3) is 6.09. The lowest BCUT2D eigenvalue weighted by molar-refractivity contribution is -0.384. The van der Waals surface area contributed by atoms with Crippen LogP contribution in [0.25, 0.3) is 10.9 Å². The highest BCUT2D eigenvalue weighted by Gasteiger charge is 2.33. The fourth-order valence-corrected chi connectivity index (χ4v) is 5.63. The van der Waals surface area contributed by atoms with Crippen LogP contribution in [0.15, 0.2) is 83.7 Å². The maximum Gasteiger partial charge on any atom is 0.269 e. The summed E-state index contributed by atoms with van der Waals surface area (Å²) in [4.78, 5) is 31.8. The molecule has 2 aromatic heterocycles. The Bertz CT molecular complexity index is 1760. The number of pyridine rings is 1. The van der Waals surface area contributed by atoms with E-state index in [1.165, 1.54) is 17.7 Å². The number of piperazine rings is 1. The molecule has 0 spiro atoms. The third-order valence-corrected chi connectivity index (χ3v) is 7.81. The predicted octanol–water partition coefficient (Wildman–Crippen LogP) is 3.98. The lowest BCUT2D eigenvalue weighted by atomic mass is 10.0. The average Bonchev–Trinajstić information content (AvgIpc) is 3.50. The highest BCUT2D eigenvalue weighted by atomic mass is 16.6. The lowest BCUT2D eigenvalue weighted by Gasteiger charge is -2.39. The number of hydrogen-bond acceptors (Lipinski definition) is 9. The summed E-state index contributed by atoms with van der Waals surface area (Å²) in [6, 6.07) is 23.8. The van der Waals surface area contributed by atoms with E-state index in [1.807, 2.05) is 49.4 Å². The molecule has 0 unspecified atom stereocenters. The van der Waals surface area contributed by atoms with Gasteiger partial charge in [-0.1, -0.05) is 30.3 Å². The van der Waals surface area contributed by atoms with Crippen molar-refractivity contribution < 1.29 is 9.66 Å². The molecular formula is C31H32N8O4. The van der Waals surface area contributed by atoms with E-state index in [2.05, 4.69) is 42.4 Å². The molecule has 1 saturated heterocycles. The number of non-ortho nitro benzene ring substituents is 1. The number of benzene rings is 3. The van der Waals surface area contributed by atoms with Crippen LogP contribution in [0.4, 0.5) is 11.4 Å². The van der Waals surface area contributed by atoms with Gasteiger partial charge in [0.25, 0.3) is 11.2 Å². The van der Waals surface area contributed by atoms with Crippen LogP contribution in [0.1, 0.15) is 29.9 Å². The molecule has 12 nitrogen and oxygen atoms in total. The smallest absolute Gasteiger partial charge is 0.269 e. The number of aromatic nitrogens is 5. The van der Waals surface area contributed by atoms with E-state index >= 15 is 0 Å². The van der Waals surface area contributed by atoms with Gasteiger partial charge in [-0.05, 0) is 65.7 Å². The summed E-state index contributed by atoms with van der Waals surface area (Å²) in [7, 11) is 0. The molecule has 3 heterocycles. The molecule has 6 rings (SSSR count). The number of nitro groups is 1. The summed E-state index contributed by atoms with van der Waals surface area (Å²) >= 11 is 0. The fourth-order valence-electron chi connectivity index (χ4n) is 5.63. The third-order valence-electron chi connectivity index (χ3n) is 7.81. The lowest BCUT2D eigenvalue weighted by Crippen LogP contribution is -2.49. The molecule has 5 aromatic rings. The van der Waals surface area contributed by atoms with Crippen LogP contribution in [0, 0.1) is 10.1 Å². The normalized spacial score (nSPS) is 14.6. The van der Waals surface area contributed by atoms with Gasteiger partial charge in [0.1, 0.15) is 11.8 Å². The number of aromatic amines is 1. The largest absolute Gasteiger partial charge is 0.494 e. The zero-order valence-electron chi connectivity index (χ0n) is 23.8. The molecule has 12 heteroatoms. The monoisotopic (exact) mass is 580 g/mol. The molecule has 1 fully saturated rings. The maximum absolute atomic E-state index is 13.6. The van der Waals surface area contributed by atoms with Gasteiger partial charge in [0.15, 0.2) is 5.82 Å². The molecule has 0 amide bonds. The van der Waals surface area contributed by atoms with Crippen molar-refractivity contribution in [1.29, 1.82) is 0 Å². The number of rotatable bonds is 10. The van der Waals surface area contributed by atoms with Crippen LogP contribution in [-0.2, 0) is 13.0 Å². The zero-order chi connectivity index (χ0) is 29.8. The molecule has 43 heavy (non-hydrogen) atoms. The van der Waals surface area contributed by atoms with Crippen molar-refractivity contribution in [3.8, 4) is 5.75 Å². The molecule has 1 atom stereocenters. The summed E-state index contributed by atoms with van der Waals surface area (Å²) in [5, 5.41) is 24.8. The second-order valence-electron chi connectivity index (χ2n) is 10.4. The minimum atomic E-state index is -0.492. The second-order valence-corrected chi connectivity index (χ2v) is 10.4. The Morgan fingerprint density at radius 3 is 2.49 bits per heavy atom. The van der Waals surface area contributed by atoms with E-state index in [0.717, 1.165) is 28.8 Å². The molecule has 1 aliphatic heterocycles. The van der Waals surface area contributed by atoms with Gasteiger partial charge in [-0.15, -0.1) is 5.10 Å². The van der Waals surface area contributed by atoms with Crippen molar-refractivity contribution in [2.24, 2.45) is 0 Å². The number of anilines is 1. The number of nitro benzene ring substituents is 1. The topological polar surface area (TPSA) is 135 Å². The van der Waals surface area contributed by atoms with Gasteiger partial charge in [-0.2, -0.15) is 0 Å². The van der Waals surface area contributed by atoms with Crippen LogP contribution in [0.3, 0.4) is 0 Å². The summed E-state index contributed by atoms with van der Waals surface area (Å²) in [5.74, 6) is 1.33. The van der Waals surface area contributed by atoms with Crippen molar-refractivity contribution >= 4 is 22.3 Å². The highest BCUT2D eigenvalue weighted by molar-refractivity contribution is 5.80. The van der Waals surface area contributed by atoms with Gasteiger partial charge in [0.05, 0.1) is 11.5 Å². The minimum Gasteiger partial charge on any atom is -0.494 e. The molecule has 0 aliphatic carbocycles. The van der Waals surface area contributed by atoms with Crippen molar-refractivity contribution in [3.63, 3.8) is 0 Å². The van der Waals surface area contributed by atoms with Gasteiger partial charge < -0.3 is 14.6 Å². The van der Waals surface area contributed by atoms with Crippen molar-refractivity contribution in [2.45, 2.75) is 25.9 Å². The zero-order valence-corrected chi connectivity index (χ0v) is 23.8. The van der Waals surface area contributed by atoms with E-state index in [9.17, 15) is 14.9 Å². The van der Waals surface area contributed by atoms with E-state index in [0.29, 0.717) is 50.7 Å². The van der Waals surface area contributed by atoms with Crippen LogP contribution in [-0.4, -0.2) is 67.8 Å². The SMILES string of the molecule is CCOc1ccc2[nH]c(=O)c([C@H](c3nnnn3CCc3ccccc3)N3CCN(c4ccc([N+](=O)[O-])cc4)CC3)cc2c1. The second kappa shape index (κ2) is 12.4. The van der Waals surface area contributed by atoms with E-state index in [1.54, 1.807) is 16.8 Å². The molecular weight excluding hydrogens is 548 g/mol. The first-order valence-electron chi connectivity index (χ1n) is 14.3. The van der Waals surface area contributed by atoms with Crippen LogP contribution < -0.4 is 15.2 Å². The summed E-state index contributed by atoms with van der Waals surface area (Å²) in [6.07, 6.45) is 0.741. The minimum absolute atomic E-state index is 0.0628. The Morgan fingerprint density at radius 2 is 1.77 bits per heavy atom. The first kappa shape index (κ1) is 28.0. The van der Waals surface area contributed by atoms with Gasteiger partial charge in [-0.3, -0.25) is 19.8 Å². The molecule has 1 N–H and O–H groups in total. The Morgan fingerprint density at radius 1 is 1.00 bits per heavy atom. The molecule has 220 valence electrons. The number of nitrogens with zero attached hydrogens (tertiary/aromatic N) is 7. The molecule has 0 bridgehead atoms. The van der Waals surface area contributed by atoms with Crippen LogP contribution in [0.5, 0.6) is 5.75 Å². The number of hydrogen-bond donors (Lipinski definition) is 1. The van der Waals surface area contributed by atoms with Gasteiger partial charge >= 0.3 is 0 Å². The molecule has 0 saturated carbocycles. The van der Waals surface area contributed by atoms with Gasteiger partial charge in [0.2, 0.25) is 0 Å². The molecule has 3 aromatic carbocycles. The van der Waals surface area contributed by atoms with Crippen molar-refractivity contribution in [2.75, 3.05) is 37.7 Å². The van der Waals surface area contributed by atoms with Crippen molar-refractivity contribution in [1.82, 2.24) is 30.1 Å². The number of fused-ring (bicyclic) bond motifs is 1. The fraction of sp³-hybridized carbons (Fsp3) is 0.290. The number of tetrazole rings is 1. The van der Waals surface area contributed by atoms with Gasteiger partial charge in [-0.25, -0.2) is 4.68 Å². The Balaban J connectivity index is 1.33. The van der Waals surface area contributed by atoms with Crippen LogP contribution in [0.2, 0.25) is 0 Å². The average molecular weight is 581 g/mol. The number of aryl methyl sites for hydroxylation is 2. The predicted molar refractivity (Wildman–Crippen MR) is 162 cm³/mol. The Hall–Kier alpha value is -5.10. The first-order valence-corrected chi connectivity index (χ1v) is 14.3. The summed E-state index contributed by atoms with van der Waals surface area (Å²) in [6.45, 7) is 5.63. The van der Waals surface area contributed by atoms with E-state index in [-0.39, 0.29) is 11.2 Å². The highest BCUT2D eigenvalue weighted by Crippen LogP contribution is 2.30. The summed E-state index contributed by atoms with van der Waals surface area (Å²) in [5.41, 5.74) is 3.24. The van der Waals surface area contributed by atoms with E-state index in [4.69, 9.17) is 4.74 Å². The molecule has 0 radical (unpaired) electrons. The van der Waals surface area contributed by atoms with Gasteiger partial charge in [0, 0.05) is 67.0 Å². The number of nitrogens with one attached hydrogen (secondary N) is 1. The maximum atomic E-state index is 13.6. The number of ether oxygens (including phenoxy) is 1. The van der Waals surface area contributed by atoms with Crippen LogP contribution >= 0.6 is 0 Å². The van der Waals surface area contributed by atoms with Crippen molar-refractivity contribution in [3.05, 3.63) is 116 Å². The Labute approximate surface area is 247 Å².